The molecule has 0 spiro atoms. The number of aromatic nitrogens is 3. The summed E-state index contributed by atoms with van der Waals surface area (Å²) in [6.07, 6.45) is 6.15. The van der Waals surface area contributed by atoms with Gasteiger partial charge in [0.15, 0.2) is 0 Å². The lowest BCUT2D eigenvalue weighted by Crippen LogP contribution is -1.92. The predicted molar refractivity (Wildman–Crippen MR) is 52.5 cm³/mol. The summed E-state index contributed by atoms with van der Waals surface area (Å²) in [5, 5.41) is 2.93. The summed E-state index contributed by atoms with van der Waals surface area (Å²) in [7, 11) is 0. The number of nitrogens with zero attached hydrogens (tertiary/aromatic N) is 3. The molecule has 0 amide bonds. The molecule has 0 aliphatic rings. The molecule has 0 radical (unpaired) electrons. The Morgan fingerprint density at radius 3 is 3.00 bits per heavy atom. The molecule has 0 bridgehead atoms. The summed E-state index contributed by atoms with van der Waals surface area (Å²) < 4.78 is 0. The van der Waals surface area contributed by atoms with Gasteiger partial charge in [0.25, 0.3) is 0 Å². The molecule has 0 unspecified atom stereocenters. The zero-order valence-corrected chi connectivity index (χ0v) is 8.08. The minimum atomic E-state index is 0.940. The lowest BCUT2D eigenvalue weighted by Gasteiger charge is -2.00. The Labute approximate surface area is 80.5 Å². The highest BCUT2D eigenvalue weighted by atomic mass is 32.1. The van der Waals surface area contributed by atoms with E-state index < -0.39 is 0 Å². The van der Waals surface area contributed by atoms with Gasteiger partial charge in [0.2, 0.25) is 0 Å². The summed E-state index contributed by atoms with van der Waals surface area (Å²) in [4.78, 5) is 12.4. The first-order chi connectivity index (χ1) is 6.42. The Hall–Kier alpha value is -1.29. The number of hydrogen-bond donors (Lipinski definition) is 0. The minimum Gasteiger partial charge on any atom is -0.244 e. The van der Waals surface area contributed by atoms with Crippen LogP contribution in [0.25, 0.3) is 10.7 Å². The van der Waals surface area contributed by atoms with Crippen LogP contribution in [0.3, 0.4) is 0 Å². The first kappa shape index (κ1) is 8.31. The van der Waals surface area contributed by atoms with Crippen LogP contribution in [0, 0.1) is 0 Å². The topological polar surface area (TPSA) is 38.7 Å². The largest absolute Gasteiger partial charge is 0.244 e. The van der Waals surface area contributed by atoms with Gasteiger partial charge in [-0.15, -0.1) is 11.3 Å². The van der Waals surface area contributed by atoms with Crippen molar-refractivity contribution >= 4 is 11.3 Å². The van der Waals surface area contributed by atoms with Crippen LogP contribution in [0.15, 0.2) is 24.1 Å². The highest BCUT2D eigenvalue weighted by molar-refractivity contribution is 7.13. The third-order valence-corrected chi connectivity index (χ3v) is 2.58. The van der Waals surface area contributed by atoms with Crippen molar-refractivity contribution in [2.75, 3.05) is 0 Å². The smallest absolute Gasteiger partial charge is 0.142 e. The SMILES string of the molecule is CCc1cncnc1-c1nccs1. The highest BCUT2D eigenvalue weighted by Crippen LogP contribution is 2.22. The molecule has 0 N–H and O–H groups in total. The van der Waals surface area contributed by atoms with Crippen LogP contribution < -0.4 is 0 Å². The lowest BCUT2D eigenvalue weighted by atomic mass is 10.2. The van der Waals surface area contributed by atoms with E-state index in [9.17, 15) is 0 Å². The van der Waals surface area contributed by atoms with Crippen molar-refractivity contribution < 1.29 is 0 Å². The molecule has 0 aliphatic heterocycles. The van der Waals surface area contributed by atoms with E-state index in [1.807, 2.05) is 11.6 Å². The van der Waals surface area contributed by atoms with Crippen molar-refractivity contribution in [2.45, 2.75) is 13.3 Å². The average Bonchev–Trinajstić information content (AvgIpc) is 2.70. The molecule has 0 aromatic carbocycles. The maximum atomic E-state index is 4.23. The first-order valence-corrected chi connectivity index (χ1v) is 4.98. The normalized spacial score (nSPS) is 10.2. The van der Waals surface area contributed by atoms with Gasteiger partial charge in [-0.1, -0.05) is 6.92 Å². The Balaban J connectivity index is 2.51. The molecule has 66 valence electrons. The zero-order chi connectivity index (χ0) is 9.10. The van der Waals surface area contributed by atoms with E-state index in [0.717, 1.165) is 22.7 Å². The molecule has 2 rings (SSSR count). The average molecular weight is 191 g/mol. The number of thiazole rings is 1. The zero-order valence-electron chi connectivity index (χ0n) is 7.27. The van der Waals surface area contributed by atoms with Gasteiger partial charge in [0.1, 0.15) is 17.0 Å². The van der Waals surface area contributed by atoms with Crippen LogP contribution >= 0.6 is 11.3 Å². The maximum Gasteiger partial charge on any atom is 0.142 e. The molecule has 3 nitrogen and oxygen atoms in total. The van der Waals surface area contributed by atoms with Crippen LogP contribution in [-0.2, 0) is 6.42 Å². The summed E-state index contributed by atoms with van der Waals surface area (Å²) in [5.74, 6) is 0. The van der Waals surface area contributed by atoms with Gasteiger partial charge in [-0.3, -0.25) is 0 Å². The van der Waals surface area contributed by atoms with Gasteiger partial charge in [-0.2, -0.15) is 0 Å². The van der Waals surface area contributed by atoms with E-state index in [-0.39, 0.29) is 0 Å². The lowest BCUT2D eigenvalue weighted by molar-refractivity contribution is 1.05. The van der Waals surface area contributed by atoms with Crippen molar-refractivity contribution in [3.63, 3.8) is 0 Å². The van der Waals surface area contributed by atoms with Crippen LogP contribution in [0.2, 0.25) is 0 Å². The van der Waals surface area contributed by atoms with Gasteiger partial charge in [0.05, 0.1) is 0 Å². The molecule has 0 aliphatic carbocycles. The monoisotopic (exact) mass is 191 g/mol. The second-order valence-corrected chi connectivity index (χ2v) is 3.48. The molecule has 2 heterocycles. The standard InChI is InChI=1S/C9H9N3S/c1-2-7-5-10-6-12-8(7)9-11-3-4-13-9/h3-6H,2H2,1H3. The summed E-state index contributed by atoms with van der Waals surface area (Å²) in [6, 6.07) is 0. The van der Waals surface area contributed by atoms with E-state index in [1.165, 1.54) is 0 Å². The molecular formula is C9H9N3S. The van der Waals surface area contributed by atoms with Gasteiger partial charge < -0.3 is 0 Å². The summed E-state index contributed by atoms with van der Waals surface area (Å²) >= 11 is 1.60. The van der Waals surface area contributed by atoms with Crippen molar-refractivity contribution in [2.24, 2.45) is 0 Å². The fourth-order valence-electron chi connectivity index (χ4n) is 1.15. The van der Waals surface area contributed by atoms with Crippen LogP contribution in [0.4, 0.5) is 0 Å². The fourth-order valence-corrected chi connectivity index (χ4v) is 1.82. The molecule has 2 aromatic heterocycles. The molecule has 13 heavy (non-hydrogen) atoms. The fraction of sp³-hybridized carbons (Fsp3) is 0.222. The second-order valence-electron chi connectivity index (χ2n) is 2.59. The quantitative estimate of drug-likeness (QED) is 0.730. The van der Waals surface area contributed by atoms with E-state index >= 15 is 0 Å². The number of aryl methyl sites for hydroxylation is 1. The molecule has 4 heteroatoms. The molecule has 0 atom stereocenters. The van der Waals surface area contributed by atoms with E-state index in [1.54, 1.807) is 23.9 Å². The van der Waals surface area contributed by atoms with Crippen LogP contribution in [0.1, 0.15) is 12.5 Å². The molecular weight excluding hydrogens is 182 g/mol. The Morgan fingerprint density at radius 1 is 1.38 bits per heavy atom. The van der Waals surface area contributed by atoms with Gasteiger partial charge >= 0.3 is 0 Å². The molecule has 0 saturated carbocycles. The van der Waals surface area contributed by atoms with Gasteiger partial charge in [-0.05, 0) is 12.0 Å². The second kappa shape index (κ2) is 3.62. The number of hydrogen-bond acceptors (Lipinski definition) is 4. The van der Waals surface area contributed by atoms with E-state index in [0.29, 0.717) is 0 Å². The van der Waals surface area contributed by atoms with Gasteiger partial charge in [0, 0.05) is 17.8 Å². The summed E-state index contributed by atoms with van der Waals surface area (Å²) in [5.41, 5.74) is 2.12. The molecule has 2 aromatic rings. The Kier molecular flexibility index (Phi) is 2.31. The summed E-state index contributed by atoms with van der Waals surface area (Å²) in [6.45, 7) is 2.09. The van der Waals surface area contributed by atoms with Crippen molar-refractivity contribution in [3.05, 3.63) is 29.7 Å². The predicted octanol–water partition coefficient (Wildman–Crippen LogP) is 2.16. The van der Waals surface area contributed by atoms with E-state index in [2.05, 4.69) is 21.9 Å². The minimum absolute atomic E-state index is 0.940. The Bertz CT molecular complexity index is 384. The third kappa shape index (κ3) is 1.58. The third-order valence-electron chi connectivity index (χ3n) is 1.80. The molecule has 0 saturated heterocycles. The van der Waals surface area contributed by atoms with Gasteiger partial charge in [-0.25, -0.2) is 15.0 Å². The van der Waals surface area contributed by atoms with Crippen LogP contribution in [-0.4, -0.2) is 15.0 Å². The van der Waals surface area contributed by atoms with E-state index in [4.69, 9.17) is 0 Å². The number of rotatable bonds is 2. The first-order valence-electron chi connectivity index (χ1n) is 4.10. The van der Waals surface area contributed by atoms with Crippen molar-refractivity contribution in [1.82, 2.24) is 15.0 Å². The maximum absolute atomic E-state index is 4.23. The Morgan fingerprint density at radius 2 is 2.31 bits per heavy atom. The highest BCUT2D eigenvalue weighted by Gasteiger charge is 2.06. The van der Waals surface area contributed by atoms with Crippen molar-refractivity contribution in [3.8, 4) is 10.7 Å². The van der Waals surface area contributed by atoms with Crippen molar-refractivity contribution in [1.29, 1.82) is 0 Å². The van der Waals surface area contributed by atoms with Crippen LogP contribution in [0.5, 0.6) is 0 Å². The molecule has 0 fully saturated rings.